The number of hydrogen-bond donors (Lipinski definition) is 3. The van der Waals surface area contributed by atoms with Crippen LogP contribution in [0.4, 0.5) is 4.79 Å². The summed E-state index contributed by atoms with van der Waals surface area (Å²) in [5.41, 5.74) is 1.19. The molecule has 1 fully saturated rings. The molecule has 1 atom stereocenters. The fourth-order valence-corrected chi connectivity index (χ4v) is 3.50. The van der Waals surface area contributed by atoms with E-state index < -0.39 is 35.4 Å². The number of carbonyl (C=O) groups excluding carboxylic acids is 3. The zero-order chi connectivity index (χ0) is 29.1. The number of carbonyl (C=O) groups is 4. The molecule has 3 rings (SSSR count). The van der Waals surface area contributed by atoms with E-state index in [1.807, 2.05) is 30.3 Å². The van der Waals surface area contributed by atoms with E-state index in [0.29, 0.717) is 11.1 Å². The lowest BCUT2D eigenvalue weighted by molar-refractivity contribution is -0.141. The Balaban J connectivity index is 1.48. The normalized spacial score (nSPS) is 12.9. The number of aliphatic carboxylic acids is 1. The van der Waals surface area contributed by atoms with Gasteiger partial charge >= 0.3 is 12.1 Å². The molecule has 0 saturated heterocycles. The van der Waals surface area contributed by atoms with Gasteiger partial charge < -0.3 is 20.5 Å². The third kappa shape index (κ3) is 10.2. The van der Waals surface area contributed by atoms with E-state index in [1.165, 1.54) is 4.90 Å². The highest BCUT2D eigenvalue weighted by molar-refractivity contribution is 5.94. The predicted octanol–water partition coefficient (Wildman–Crippen LogP) is 3.04. The summed E-state index contributed by atoms with van der Waals surface area (Å²) in [5, 5.41) is 14.7. The Labute approximate surface area is 234 Å². The molecule has 3 N–H and O–H groups in total. The van der Waals surface area contributed by atoms with Crippen LogP contribution in [0.1, 0.15) is 55.1 Å². The average Bonchev–Trinajstić information content (AvgIpc) is 3.74. The summed E-state index contributed by atoms with van der Waals surface area (Å²) in [6.45, 7) is 4.60. The number of rotatable bonds is 9. The summed E-state index contributed by atoms with van der Waals surface area (Å²) >= 11 is 0. The third-order valence-electron chi connectivity index (χ3n) is 5.73. The molecular formula is C31H33N3O6. The molecule has 9 nitrogen and oxygen atoms in total. The van der Waals surface area contributed by atoms with Crippen molar-refractivity contribution >= 4 is 23.9 Å². The second-order valence-electron chi connectivity index (χ2n) is 10.3. The molecule has 3 amide bonds. The fourth-order valence-electron chi connectivity index (χ4n) is 3.50. The van der Waals surface area contributed by atoms with Crippen LogP contribution in [-0.4, -0.2) is 65.2 Å². The van der Waals surface area contributed by atoms with Gasteiger partial charge in [-0.15, -0.1) is 0 Å². The number of carboxylic acids is 1. The lowest BCUT2D eigenvalue weighted by atomic mass is 10.1. The Morgan fingerprint density at radius 3 is 2.05 bits per heavy atom. The average molecular weight is 544 g/mol. The van der Waals surface area contributed by atoms with E-state index in [-0.39, 0.29) is 25.7 Å². The molecule has 1 aliphatic carbocycles. The molecule has 9 heteroatoms. The number of nitrogens with one attached hydrogen (secondary N) is 2. The quantitative estimate of drug-likeness (QED) is 0.418. The van der Waals surface area contributed by atoms with Crippen LogP contribution in [0.25, 0.3) is 0 Å². The SMILES string of the molecule is CC(C)(C)OC(=O)N(CC(=O)NC[C@H](CNC(=O)c1ccc(C#CC#Cc2ccccc2)cc1)C(=O)O)C1CC1. The van der Waals surface area contributed by atoms with Gasteiger partial charge in [-0.25, -0.2) is 4.79 Å². The van der Waals surface area contributed by atoms with E-state index in [0.717, 1.165) is 18.4 Å². The predicted molar refractivity (Wildman–Crippen MR) is 149 cm³/mol. The van der Waals surface area contributed by atoms with Crippen molar-refractivity contribution in [3.8, 4) is 23.7 Å². The molecule has 0 spiro atoms. The van der Waals surface area contributed by atoms with Gasteiger partial charge in [0.25, 0.3) is 5.91 Å². The summed E-state index contributed by atoms with van der Waals surface area (Å²) in [6.07, 6.45) is 0.989. The molecule has 0 heterocycles. The van der Waals surface area contributed by atoms with Gasteiger partial charge in [0.1, 0.15) is 12.1 Å². The Bertz CT molecular complexity index is 1340. The Morgan fingerprint density at radius 2 is 1.50 bits per heavy atom. The van der Waals surface area contributed by atoms with Crippen LogP contribution in [0.3, 0.4) is 0 Å². The van der Waals surface area contributed by atoms with E-state index in [4.69, 9.17) is 4.74 Å². The number of nitrogens with zero attached hydrogens (tertiary/aromatic N) is 1. The topological polar surface area (TPSA) is 125 Å². The minimum Gasteiger partial charge on any atom is -0.481 e. The van der Waals surface area contributed by atoms with Crippen LogP contribution in [-0.2, 0) is 14.3 Å². The highest BCUT2D eigenvalue weighted by atomic mass is 16.6. The third-order valence-corrected chi connectivity index (χ3v) is 5.73. The number of benzene rings is 2. The maximum atomic E-state index is 12.5. The van der Waals surface area contributed by atoms with E-state index >= 15 is 0 Å². The minimum absolute atomic E-state index is 0.0604. The summed E-state index contributed by atoms with van der Waals surface area (Å²) in [4.78, 5) is 50.5. The van der Waals surface area contributed by atoms with Crippen molar-refractivity contribution in [2.45, 2.75) is 45.3 Å². The van der Waals surface area contributed by atoms with Crippen LogP contribution in [0.2, 0.25) is 0 Å². The molecule has 2 aromatic rings. The van der Waals surface area contributed by atoms with Crippen LogP contribution in [0.5, 0.6) is 0 Å². The molecule has 40 heavy (non-hydrogen) atoms. The molecule has 0 unspecified atom stereocenters. The monoisotopic (exact) mass is 543 g/mol. The van der Waals surface area contributed by atoms with Crippen molar-refractivity contribution in [3.05, 3.63) is 71.3 Å². The first kappa shape index (κ1) is 29.8. The molecule has 208 valence electrons. The molecule has 0 aliphatic heterocycles. The molecule has 2 aromatic carbocycles. The van der Waals surface area contributed by atoms with Gasteiger partial charge in [0.2, 0.25) is 5.91 Å². The molecular weight excluding hydrogens is 510 g/mol. The maximum absolute atomic E-state index is 12.5. The van der Waals surface area contributed by atoms with Crippen molar-refractivity contribution in [1.29, 1.82) is 0 Å². The van der Waals surface area contributed by atoms with Crippen molar-refractivity contribution in [2.24, 2.45) is 5.92 Å². The smallest absolute Gasteiger partial charge is 0.411 e. The van der Waals surface area contributed by atoms with Crippen LogP contribution < -0.4 is 10.6 Å². The summed E-state index contributed by atoms with van der Waals surface area (Å²) in [7, 11) is 0. The number of amides is 3. The number of carboxylic acid groups (broad SMARTS) is 1. The van der Waals surface area contributed by atoms with Crippen molar-refractivity contribution in [2.75, 3.05) is 19.6 Å². The number of ether oxygens (including phenoxy) is 1. The standard InChI is InChI=1S/C31H33N3O6/c1-31(2,3)40-30(39)34(26-17-18-26)21-27(35)32-19-25(29(37)38)20-33-28(36)24-15-13-23(14-16-24)12-8-7-11-22-9-5-4-6-10-22/h4-6,9-10,13-16,25-26H,17-21H2,1-3H3,(H,32,35)(H,33,36)(H,37,38)/t25-/m1/s1. The minimum atomic E-state index is -1.17. The first-order valence-electron chi connectivity index (χ1n) is 13.0. The second-order valence-corrected chi connectivity index (χ2v) is 10.3. The Morgan fingerprint density at radius 1 is 0.925 bits per heavy atom. The molecule has 1 saturated carbocycles. The zero-order valence-corrected chi connectivity index (χ0v) is 22.8. The van der Waals surface area contributed by atoms with Gasteiger partial charge in [-0.3, -0.25) is 19.3 Å². The van der Waals surface area contributed by atoms with Gasteiger partial charge in [0, 0.05) is 35.8 Å². The second kappa shape index (κ2) is 13.9. The van der Waals surface area contributed by atoms with E-state index in [2.05, 4.69) is 34.3 Å². The molecule has 1 aliphatic rings. The summed E-state index contributed by atoms with van der Waals surface area (Å²) < 4.78 is 5.37. The highest BCUT2D eigenvalue weighted by Gasteiger charge is 2.36. The maximum Gasteiger partial charge on any atom is 0.411 e. The Hall–Kier alpha value is -4.76. The van der Waals surface area contributed by atoms with Gasteiger partial charge in [-0.05, 0) is 81.9 Å². The van der Waals surface area contributed by atoms with Gasteiger partial charge in [0.05, 0.1) is 5.92 Å². The first-order chi connectivity index (χ1) is 19.0. The van der Waals surface area contributed by atoms with Crippen LogP contribution >= 0.6 is 0 Å². The van der Waals surface area contributed by atoms with Gasteiger partial charge in [0.15, 0.2) is 0 Å². The largest absolute Gasteiger partial charge is 0.481 e. The lowest BCUT2D eigenvalue weighted by Gasteiger charge is -2.27. The molecule has 0 bridgehead atoms. The first-order valence-corrected chi connectivity index (χ1v) is 13.0. The number of hydrogen-bond acceptors (Lipinski definition) is 5. The van der Waals surface area contributed by atoms with Crippen molar-refractivity contribution < 1.29 is 29.0 Å². The van der Waals surface area contributed by atoms with Crippen molar-refractivity contribution in [1.82, 2.24) is 15.5 Å². The van der Waals surface area contributed by atoms with Crippen molar-refractivity contribution in [3.63, 3.8) is 0 Å². The van der Waals surface area contributed by atoms with E-state index in [1.54, 1.807) is 45.0 Å². The van der Waals surface area contributed by atoms with E-state index in [9.17, 15) is 24.3 Å². The zero-order valence-electron chi connectivity index (χ0n) is 22.8. The highest BCUT2D eigenvalue weighted by Crippen LogP contribution is 2.28. The Kier molecular flexibility index (Phi) is 10.3. The fraction of sp³-hybridized carbons (Fsp3) is 0.355. The van der Waals surface area contributed by atoms with Gasteiger partial charge in [-0.1, -0.05) is 30.0 Å². The van der Waals surface area contributed by atoms with Crippen LogP contribution in [0.15, 0.2) is 54.6 Å². The summed E-state index contributed by atoms with van der Waals surface area (Å²) in [5.74, 6) is 8.22. The lowest BCUT2D eigenvalue weighted by Crippen LogP contribution is -2.46. The van der Waals surface area contributed by atoms with Gasteiger partial charge in [-0.2, -0.15) is 0 Å². The molecule has 0 aromatic heterocycles. The summed E-state index contributed by atoms with van der Waals surface area (Å²) in [6, 6.07) is 16.0. The van der Waals surface area contributed by atoms with Crippen LogP contribution in [0, 0.1) is 29.6 Å². The molecule has 0 radical (unpaired) electrons.